The Morgan fingerprint density at radius 1 is 1.18 bits per heavy atom. The first kappa shape index (κ1) is 23.9. The zero-order chi connectivity index (χ0) is 23.4. The minimum atomic E-state index is -0.284. The molecular formula is C27H35FN2O2S. The van der Waals surface area contributed by atoms with Gasteiger partial charge in [0, 0.05) is 23.9 Å². The smallest absolute Gasteiger partial charge is 0.243 e. The highest BCUT2D eigenvalue weighted by Gasteiger charge is 2.34. The summed E-state index contributed by atoms with van der Waals surface area (Å²) in [5.74, 6) is 0.436. The summed E-state index contributed by atoms with van der Waals surface area (Å²) in [6.45, 7) is 4.81. The standard InChI is InChI=1S/C27H35FN2O2S/c1-3-19(2)30(25(31)13-8-20-6-4-5-7-20)18-26(32)29-16-14-24-23(15-17-33-24)27(29)21-9-11-22(28)12-10-21/h9-12,15,17,19-20,27H,3-8,13-14,16,18H2,1-2H3. The Morgan fingerprint density at radius 3 is 2.61 bits per heavy atom. The van der Waals surface area contributed by atoms with Crippen molar-refractivity contribution in [2.45, 2.75) is 77.3 Å². The van der Waals surface area contributed by atoms with E-state index in [2.05, 4.69) is 18.4 Å². The predicted molar refractivity (Wildman–Crippen MR) is 131 cm³/mol. The Morgan fingerprint density at radius 2 is 1.91 bits per heavy atom. The second-order valence-electron chi connectivity index (χ2n) is 9.56. The lowest BCUT2D eigenvalue weighted by Crippen LogP contribution is -2.49. The fourth-order valence-electron chi connectivity index (χ4n) is 5.31. The van der Waals surface area contributed by atoms with E-state index in [0.717, 1.165) is 30.4 Å². The maximum atomic E-state index is 13.6. The monoisotopic (exact) mass is 470 g/mol. The highest BCUT2D eigenvalue weighted by Crippen LogP contribution is 2.38. The van der Waals surface area contributed by atoms with Crippen molar-refractivity contribution in [3.05, 3.63) is 57.5 Å². The molecular weight excluding hydrogens is 435 g/mol. The first-order valence-electron chi connectivity index (χ1n) is 12.4. The molecule has 1 aliphatic carbocycles. The van der Waals surface area contributed by atoms with Crippen molar-refractivity contribution in [3.8, 4) is 0 Å². The van der Waals surface area contributed by atoms with Crippen molar-refractivity contribution in [1.82, 2.24) is 9.80 Å². The van der Waals surface area contributed by atoms with Crippen molar-refractivity contribution < 1.29 is 14.0 Å². The average Bonchev–Trinajstić information content (AvgIpc) is 3.52. The lowest BCUT2D eigenvalue weighted by Gasteiger charge is -2.38. The topological polar surface area (TPSA) is 40.6 Å². The molecule has 1 aliphatic heterocycles. The fourth-order valence-corrected chi connectivity index (χ4v) is 6.21. The Balaban J connectivity index is 1.52. The van der Waals surface area contributed by atoms with Crippen LogP contribution in [0, 0.1) is 11.7 Å². The molecule has 1 fully saturated rings. The highest BCUT2D eigenvalue weighted by atomic mass is 32.1. The van der Waals surface area contributed by atoms with Gasteiger partial charge < -0.3 is 9.80 Å². The van der Waals surface area contributed by atoms with Crippen LogP contribution in [0.5, 0.6) is 0 Å². The summed E-state index contributed by atoms with van der Waals surface area (Å²) < 4.78 is 13.6. The molecule has 1 saturated carbocycles. The SMILES string of the molecule is CCC(C)N(CC(=O)N1CCc2sccc2C1c1ccc(F)cc1)C(=O)CCC1CCCC1. The van der Waals surface area contributed by atoms with Gasteiger partial charge >= 0.3 is 0 Å². The number of hydrogen-bond donors (Lipinski definition) is 0. The first-order chi connectivity index (χ1) is 16.0. The molecule has 0 radical (unpaired) electrons. The molecule has 2 aliphatic rings. The summed E-state index contributed by atoms with van der Waals surface area (Å²) in [5, 5.41) is 2.06. The van der Waals surface area contributed by atoms with Crippen LogP contribution in [0.25, 0.3) is 0 Å². The number of carbonyl (C=O) groups is 2. The Labute approximate surface area is 200 Å². The summed E-state index contributed by atoms with van der Waals surface area (Å²) >= 11 is 1.71. The molecule has 0 bridgehead atoms. The van der Waals surface area contributed by atoms with E-state index in [0.29, 0.717) is 18.9 Å². The second-order valence-corrected chi connectivity index (χ2v) is 10.6. The molecule has 0 spiro atoms. The number of carbonyl (C=O) groups excluding carboxylic acids is 2. The molecule has 2 amide bonds. The van der Waals surface area contributed by atoms with Gasteiger partial charge in [0.05, 0.1) is 6.04 Å². The van der Waals surface area contributed by atoms with Crippen LogP contribution >= 0.6 is 11.3 Å². The summed E-state index contributed by atoms with van der Waals surface area (Å²) in [5.41, 5.74) is 2.03. The van der Waals surface area contributed by atoms with Gasteiger partial charge in [-0.3, -0.25) is 9.59 Å². The number of hydrogen-bond acceptors (Lipinski definition) is 3. The normalized spacial score (nSPS) is 19.4. The number of benzene rings is 1. The molecule has 2 heterocycles. The molecule has 6 heteroatoms. The Bertz CT molecular complexity index is 951. The molecule has 2 aromatic rings. The molecule has 4 nitrogen and oxygen atoms in total. The molecule has 0 N–H and O–H groups in total. The Kier molecular flexibility index (Phi) is 7.84. The van der Waals surface area contributed by atoms with Crippen molar-refractivity contribution in [3.63, 3.8) is 0 Å². The number of rotatable bonds is 8. The molecule has 178 valence electrons. The van der Waals surface area contributed by atoms with E-state index in [1.807, 2.05) is 11.8 Å². The molecule has 1 aromatic carbocycles. The fraction of sp³-hybridized carbons (Fsp3) is 0.556. The van der Waals surface area contributed by atoms with Crippen LogP contribution in [-0.4, -0.2) is 40.7 Å². The minimum Gasteiger partial charge on any atom is -0.331 e. The molecule has 0 saturated heterocycles. The van der Waals surface area contributed by atoms with Gasteiger partial charge in [0.1, 0.15) is 12.4 Å². The summed E-state index contributed by atoms with van der Waals surface area (Å²) in [6.07, 6.45) is 8.09. The lowest BCUT2D eigenvalue weighted by molar-refractivity contribution is -0.143. The molecule has 2 unspecified atom stereocenters. The van der Waals surface area contributed by atoms with Gasteiger partial charge in [-0.15, -0.1) is 11.3 Å². The van der Waals surface area contributed by atoms with E-state index < -0.39 is 0 Å². The van der Waals surface area contributed by atoms with E-state index in [9.17, 15) is 14.0 Å². The third-order valence-electron chi connectivity index (χ3n) is 7.46. The zero-order valence-corrected chi connectivity index (χ0v) is 20.6. The maximum absolute atomic E-state index is 13.6. The van der Waals surface area contributed by atoms with Crippen molar-refractivity contribution in [2.75, 3.05) is 13.1 Å². The third kappa shape index (κ3) is 5.48. The van der Waals surface area contributed by atoms with Gasteiger partial charge in [-0.25, -0.2) is 4.39 Å². The summed E-state index contributed by atoms with van der Waals surface area (Å²) in [7, 11) is 0. The van der Waals surface area contributed by atoms with Crippen LogP contribution in [0.4, 0.5) is 4.39 Å². The number of halogens is 1. The van der Waals surface area contributed by atoms with E-state index in [1.54, 1.807) is 28.4 Å². The molecule has 1 aromatic heterocycles. The van der Waals surface area contributed by atoms with E-state index in [1.165, 1.54) is 42.7 Å². The van der Waals surface area contributed by atoms with Crippen LogP contribution in [0.2, 0.25) is 0 Å². The third-order valence-corrected chi connectivity index (χ3v) is 8.46. The van der Waals surface area contributed by atoms with Crippen LogP contribution in [0.3, 0.4) is 0 Å². The number of amides is 2. The van der Waals surface area contributed by atoms with Crippen molar-refractivity contribution in [1.29, 1.82) is 0 Å². The highest BCUT2D eigenvalue weighted by molar-refractivity contribution is 7.10. The first-order valence-corrected chi connectivity index (χ1v) is 13.3. The lowest BCUT2D eigenvalue weighted by atomic mass is 9.93. The molecule has 4 rings (SSSR count). The molecule has 33 heavy (non-hydrogen) atoms. The minimum absolute atomic E-state index is 0.0239. The van der Waals surface area contributed by atoms with Gasteiger partial charge in [0.2, 0.25) is 11.8 Å². The van der Waals surface area contributed by atoms with E-state index in [-0.39, 0.29) is 36.3 Å². The number of thiophene rings is 1. The average molecular weight is 471 g/mol. The van der Waals surface area contributed by atoms with Gasteiger partial charge in [0.15, 0.2) is 0 Å². The largest absolute Gasteiger partial charge is 0.331 e. The second kappa shape index (κ2) is 10.8. The number of fused-ring (bicyclic) bond motifs is 1. The summed E-state index contributed by atoms with van der Waals surface area (Å²) in [6, 6.07) is 8.31. The van der Waals surface area contributed by atoms with Crippen LogP contribution < -0.4 is 0 Å². The van der Waals surface area contributed by atoms with Gasteiger partial charge in [-0.1, -0.05) is 44.7 Å². The van der Waals surface area contributed by atoms with Crippen molar-refractivity contribution >= 4 is 23.2 Å². The van der Waals surface area contributed by atoms with Crippen LogP contribution in [0.1, 0.15) is 80.8 Å². The number of nitrogens with zero attached hydrogens (tertiary/aromatic N) is 2. The maximum Gasteiger partial charge on any atom is 0.243 e. The van der Waals surface area contributed by atoms with E-state index in [4.69, 9.17) is 0 Å². The van der Waals surface area contributed by atoms with E-state index >= 15 is 0 Å². The van der Waals surface area contributed by atoms with Gasteiger partial charge in [-0.2, -0.15) is 0 Å². The van der Waals surface area contributed by atoms with Crippen LogP contribution in [0.15, 0.2) is 35.7 Å². The van der Waals surface area contributed by atoms with Gasteiger partial charge in [0.25, 0.3) is 0 Å². The summed E-state index contributed by atoms with van der Waals surface area (Å²) in [4.78, 5) is 31.8. The quantitative estimate of drug-likeness (QED) is 0.478. The predicted octanol–water partition coefficient (Wildman–Crippen LogP) is 5.96. The van der Waals surface area contributed by atoms with Crippen molar-refractivity contribution in [2.24, 2.45) is 5.92 Å². The Hall–Kier alpha value is -2.21. The van der Waals surface area contributed by atoms with Crippen LogP contribution in [-0.2, 0) is 16.0 Å². The molecule has 2 atom stereocenters. The zero-order valence-electron chi connectivity index (χ0n) is 19.8. The van der Waals surface area contributed by atoms with Gasteiger partial charge in [-0.05, 0) is 66.8 Å².